The van der Waals surface area contributed by atoms with E-state index in [-0.39, 0.29) is 0 Å². The van der Waals surface area contributed by atoms with Gasteiger partial charge in [-0.15, -0.1) is 0 Å². The van der Waals surface area contributed by atoms with Gasteiger partial charge in [0.15, 0.2) is 0 Å². The predicted octanol–water partition coefficient (Wildman–Crippen LogP) is 3.10. The zero-order valence-electron chi connectivity index (χ0n) is 13.7. The minimum absolute atomic E-state index is 0.835. The molecule has 0 saturated carbocycles. The van der Waals surface area contributed by atoms with Crippen LogP contribution in [0.5, 0.6) is 0 Å². The van der Waals surface area contributed by atoms with Crippen LogP contribution in [0, 0.1) is 11.8 Å². The highest BCUT2D eigenvalue weighted by Gasteiger charge is 2.38. The number of carbonyl (C=O) groups is 1. The molecule has 2 N–H and O–H groups in total. The van der Waals surface area contributed by atoms with E-state index in [1.807, 2.05) is 23.6 Å². The topological polar surface area (TPSA) is 65.5 Å². The van der Waals surface area contributed by atoms with Crippen molar-refractivity contribution in [1.29, 1.82) is 0 Å². The second kappa shape index (κ2) is 7.63. The van der Waals surface area contributed by atoms with Crippen LogP contribution in [0.25, 0.3) is 10.6 Å². The highest BCUT2D eigenvalue weighted by atomic mass is 32.1. The minimum atomic E-state index is -5.08. The fraction of sp³-hybridized carbons (Fsp3) is 0.412. The molecule has 2 aliphatic heterocycles. The summed E-state index contributed by atoms with van der Waals surface area (Å²) in [7, 11) is 0. The number of aromatic nitrogens is 1. The van der Waals surface area contributed by atoms with E-state index in [9.17, 15) is 13.2 Å². The largest absolute Gasteiger partial charge is 0.490 e. The molecule has 0 bridgehead atoms. The highest BCUT2D eigenvalue weighted by Crippen LogP contribution is 2.36. The first kappa shape index (κ1) is 18.7. The first-order valence-corrected chi connectivity index (χ1v) is 8.93. The van der Waals surface area contributed by atoms with Gasteiger partial charge in [-0.3, -0.25) is 0 Å². The number of benzene rings is 1. The smallest absolute Gasteiger partial charge is 0.475 e. The van der Waals surface area contributed by atoms with Crippen molar-refractivity contribution in [3.05, 3.63) is 36.5 Å². The van der Waals surface area contributed by atoms with Gasteiger partial charge in [0, 0.05) is 31.7 Å². The van der Waals surface area contributed by atoms with Gasteiger partial charge in [-0.25, -0.2) is 9.78 Å². The van der Waals surface area contributed by atoms with Crippen molar-refractivity contribution in [2.75, 3.05) is 31.1 Å². The SMILES string of the molecule is O=C(O)C(F)(F)F.c1ccc(-c2ncc(N3CC4CNCC4C3)s2)cc1. The Morgan fingerprint density at radius 2 is 1.77 bits per heavy atom. The van der Waals surface area contributed by atoms with Crippen LogP contribution in [-0.2, 0) is 4.79 Å². The molecule has 26 heavy (non-hydrogen) atoms. The Morgan fingerprint density at radius 1 is 1.19 bits per heavy atom. The summed E-state index contributed by atoms with van der Waals surface area (Å²) in [6.07, 6.45) is -3.04. The van der Waals surface area contributed by atoms with Crippen molar-refractivity contribution in [1.82, 2.24) is 10.3 Å². The third kappa shape index (κ3) is 4.34. The van der Waals surface area contributed by atoms with Crippen LogP contribution in [0.15, 0.2) is 36.5 Å². The van der Waals surface area contributed by atoms with Crippen molar-refractivity contribution in [2.45, 2.75) is 6.18 Å². The fourth-order valence-electron chi connectivity index (χ4n) is 3.16. The number of hydrogen-bond acceptors (Lipinski definition) is 5. The molecule has 1 aromatic heterocycles. The van der Waals surface area contributed by atoms with Crippen LogP contribution in [-0.4, -0.2) is 48.4 Å². The number of aliphatic carboxylic acids is 1. The summed E-state index contributed by atoms with van der Waals surface area (Å²) in [5.41, 5.74) is 1.22. The fourth-order valence-corrected chi connectivity index (χ4v) is 4.10. The number of fused-ring (bicyclic) bond motifs is 1. The minimum Gasteiger partial charge on any atom is -0.475 e. The molecule has 0 spiro atoms. The molecular formula is C17H18F3N3O2S. The molecule has 2 aliphatic rings. The Kier molecular flexibility index (Phi) is 5.47. The average molecular weight is 385 g/mol. The molecule has 2 atom stereocenters. The Morgan fingerprint density at radius 3 is 2.31 bits per heavy atom. The summed E-state index contributed by atoms with van der Waals surface area (Å²) >= 11 is 1.82. The van der Waals surface area contributed by atoms with E-state index >= 15 is 0 Å². The van der Waals surface area contributed by atoms with Crippen molar-refractivity contribution < 1.29 is 23.1 Å². The maximum absolute atomic E-state index is 10.6. The van der Waals surface area contributed by atoms with E-state index in [1.54, 1.807) is 0 Å². The summed E-state index contributed by atoms with van der Waals surface area (Å²) in [6.45, 7) is 4.75. The molecule has 2 aromatic rings. The average Bonchev–Trinajstić information content (AvgIpc) is 3.30. The zero-order chi connectivity index (χ0) is 18.7. The molecule has 9 heteroatoms. The van der Waals surface area contributed by atoms with Gasteiger partial charge in [-0.1, -0.05) is 41.7 Å². The summed E-state index contributed by atoms with van der Waals surface area (Å²) in [4.78, 5) is 16.0. The molecule has 2 fully saturated rings. The first-order valence-electron chi connectivity index (χ1n) is 8.11. The van der Waals surface area contributed by atoms with E-state index in [2.05, 4.69) is 39.5 Å². The van der Waals surface area contributed by atoms with Gasteiger partial charge < -0.3 is 15.3 Å². The van der Waals surface area contributed by atoms with Crippen LogP contribution in [0.4, 0.5) is 18.2 Å². The van der Waals surface area contributed by atoms with E-state index in [1.165, 1.54) is 36.7 Å². The second-order valence-corrected chi connectivity index (χ2v) is 7.27. The van der Waals surface area contributed by atoms with Crippen molar-refractivity contribution in [3.63, 3.8) is 0 Å². The summed E-state index contributed by atoms with van der Waals surface area (Å²) < 4.78 is 31.7. The maximum atomic E-state index is 10.6. The Labute approximate surface area is 152 Å². The molecule has 0 radical (unpaired) electrons. The third-order valence-electron chi connectivity index (χ3n) is 4.46. The van der Waals surface area contributed by atoms with Crippen LogP contribution in [0.3, 0.4) is 0 Å². The van der Waals surface area contributed by atoms with Crippen molar-refractivity contribution in [2.24, 2.45) is 11.8 Å². The molecule has 140 valence electrons. The Hall–Kier alpha value is -2.13. The van der Waals surface area contributed by atoms with Gasteiger partial charge >= 0.3 is 12.1 Å². The number of nitrogens with one attached hydrogen (secondary N) is 1. The lowest BCUT2D eigenvalue weighted by Crippen LogP contribution is -2.24. The van der Waals surface area contributed by atoms with Crippen LogP contribution in [0.2, 0.25) is 0 Å². The lowest BCUT2D eigenvalue weighted by atomic mass is 10.0. The van der Waals surface area contributed by atoms with Crippen LogP contribution >= 0.6 is 11.3 Å². The molecule has 0 aliphatic carbocycles. The molecular weight excluding hydrogens is 367 g/mol. The normalized spacial score (nSPS) is 21.9. The monoisotopic (exact) mass is 385 g/mol. The van der Waals surface area contributed by atoms with Gasteiger partial charge in [0.25, 0.3) is 0 Å². The van der Waals surface area contributed by atoms with Crippen LogP contribution in [0.1, 0.15) is 0 Å². The summed E-state index contributed by atoms with van der Waals surface area (Å²) in [6, 6.07) is 10.5. The number of thiazole rings is 1. The number of hydrogen-bond donors (Lipinski definition) is 2. The molecule has 2 saturated heterocycles. The second-order valence-electron chi connectivity index (χ2n) is 6.26. The highest BCUT2D eigenvalue weighted by molar-refractivity contribution is 7.18. The van der Waals surface area contributed by atoms with Crippen molar-refractivity contribution in [3.8, 4) is 10.6 Å². The number of alkyl halides is 3. The number of halogens is 3. The standard InChI is InChI=1S/C15H17N3S.C2HF3O2/c1-2-4-11(5-3-1)15-17-8-14(19-15)18-9-12-6-16-7-13(12)10-18;3-2(4,5)1(6)7/h1-5,8,12-13,16H,6-7,9-10H2;(H,6,7). The number of anilines is 1. The predicted molar refractivity (Wildman–Crippen MR) is 93.3 cm³/mol. The lowest BCUT2D eigenvalue weighted by molar-refractivity contribution is -0.192. The van der Waals surface area contributed by atoms with Gasteiger partial charge in [0.2, 0.25) is 0 Å². The third-order valence-corrected chi connectivity index (χ3v) is 5.57. The quantitative estimate of drug-likeness (QED) is 0.832. The van der Waals surface area contributed by atoms with E-state index in [0.29, 0.717) is 0 Å². The van der Waals surface area contributed by atoms with Crippen LogP contribution < -0.4 is 10.2 Å². The molecule has 5 nitrogen and oxygen atoms in total. The number of rotatable bonds is 2. The number of nitrogens with zero attached hydrogens (tertiary/aromatic N) is 2. The van der Waals surface area contributed by atoms with Gasteiger partial charge in [0.1, 0.15) is 10.0 Å². The maximum Gasteiger partial charge on any atom is 0.490 e. The van der Waals surface area contributed by atoms with E-state index < -0.39 is 12.1 Å². The van der Waals surface area contributed by atoms with Crippen molar-refractivity contribution >= 4 is 22.3 Å². The number of carboxylic acids is 1. The molecule has 4 rings (SSSR count). The summed E-state index contributed by atoms with van der Waals surface area (Å²) in [5, 5.41) is 13.1. The zero-order valence-corrected chi connectivity index (χ0v) is 14.6. The van der Waals surface area contributed by atoms with Gasteiger partial charge in [-0.2, -0.15) is 13.2 Å². The van der Waals surface area contributed by atoms with Gasteiger partial charge in [0.05, 0.1) is 6.20 Å². The summed E-state index contributed by atoms with van der Waals surface area (Å²) in [5.74, 6) is -1.09. The van der Waals surface area contributed by atoms with Gasteiger partial charge in [-0.05, 0) is 11.8 Å². The molecule has 3 heterocycles. The lowest BCUT2D eigenvalue weighted by Gasteiger charge is -2.16. The molecule has 1 aromatic carbocycles. The number of carboxylic acid groups (broad SMARTS) is 1. The molecule has 2 unspecified atom stereocenters. The van der Waals surface area contributed by atoms with E-state index in [4.69, 9.17) is 9.90 Å². The Balaban J connectivity index is 0.000000242. The molecule has 0 amide bonds. The van der Waals surface area contributed by atoms with E-state index in [0.717, 1.165) is 16.8 Å². The first-order chi connectivity index (χ1) is 12.3. The Bertz CT molecular complexity index is 739.